The minimum Gasteiger partial charge on any atom is -0.454 e. The highest BCUT2D eigenvalue weighted by Gasteiger charge is 2.28. The Hall–Kier alpha value is -3.28. The molecule has 1 aromatic heterocycles. The maximum atomic E-state index is 13.4. The van der Waals surface area contributed by atoms with Crippen LogP contribution in [0.2, 0.25) is 0 Å². The summed E-state index contributed by atoms with van der Waals surface area (Å²) < 4.78 is 16.6. The van der Waals surface area contributed by atoms with Gasteiger partial charge >= 0.3 is 0 Å². The van der Waals surface area contributed by atoms with Gasteiger partial charge in [0.05, 0.1) is 6.54 Å². The Bertz CT molecular complexity index is 1130. The van der Waals surface area contributed by atoms with Crippen LogP contribution in [-0.4, -0.2) is 22.8 Å². The molecule has 0 saturated heterocycles. The van der Waals surface area contributed by atoms with E-state index in [1.54, 1.807) is 0 Å². The quantitative estimate of drug-likeness (QED) is 0.521. The zero-order chi connectivity index (χ0) is 22.1. The number of nitrogens with zero attached hydrogens (tertiary/aromatic N) is 2. The van der Waals surface area contributed by atoms with Crippen LogP contribution in [0, 0.1) is 19.8 Å². The van der Waals surface area contributed by atoms with E-state index in [1.165, 1.54) is 5.56 Å². The van der Waals surface area contributed by atoms with Gasteiger partial charge in [-0.25, -0.2) is 0 Å². The van der Waals surface area contributed by atoms with Crippen molar-refractivity contribution in [1.29, 1.82) is 0 Å². The average molecular weight is 433 g/mol. The van der Waals surface area contributed by atoms with Gasteiger partial charge < -0.3 is 18.9 Å². The molecule has 32 heavy (non-hydrogen) atoms. The van der Waals surface area contributed by atoms with Crippen LogP contribution < -0.4 is 9.47 Å². The highest BCUT2D eigenvalue weighted by Crippen LogP contribution is 2.34. The summed E-state index contributed by atoms with van der Waals surface area (Å²) >= 11 is 0. The van der Waals surface area contributed by atoms with Gasteiger partial charge in [-0.3, -0.25) is 4.79 Å². The summed E-state index contributed by atoms with van der Waals surface area (Å²) in [4.78, 5) is 15.3. The molecule has 0 radical (unpaired) electrons. The van der Waals surface area contributed by atoms with Crippen molar-refractivity contribution in [2.45, 2.75) is 52.6 Å². The second kappa shape index (κ2) is 8.69. The summed E-state index contributed by atoms with van der Waals surface area (Å²) in [6.07, 6.45) is 4.16. The summed E-state index contributed by atoms with van der Waals surface area (Å²) in [5.41, 5.74) is 5.11. The van der Waals surface area contributed by atoms with Crippen LogP contribution in [0.3, 0.4) is 0 Å². The zero-order valence-electron chi connectivity index (χ0n) is 18.6. The topological polar surface area (TPSA) is 64.8 Å². The fourth-order valence-corrected chi connectivity index (χ4v) is 4.61. The monoisotopic (exact) mass is 432 g/mol. The van der Waals surface area contributed by atoms with Crippen LogP contribution >= 0.6 is 0 Å². The van der Waals surface area contributed by atoms with Crippen LogP contribution in [0.1, 0.15) is 48.1 Å². The molecule has 6 heteroatoms. The molecule has 1 fully saturated rings. The first-order chi connectivity index (χ1) is 15.6. The summed E-state index contributed by atoms with van der Waals surface area (Å²) in [5, 5.41) is 4.30. The molecule has 0 N–H and O–H groups in total. The molecule has 2 aromatic carbocycles. The van der Waals surface area contributed by atoms with E-state index in [2.05, 4.69) is 37.2 Å². The Morgan fingerprint density at radius 1 is 1.00 bits per heavy atom. The lowest BCUT2D eigenvalue weighted by atomic mass is 10.0. The Labute approximate surface area is 188 Å². The molecule has 0 unspecified atom stereocenters. The number of amides is 1. The third-order valence-corrected chi connectivity index (χ3v) is 6.40. The van der Waals surface area contributed by atoms with E-state index in [0.717, 1.165) is 65.3 Å². The molecule has 0 atom stereocenters. The van der Waals surface area contributed by atoms with Crippen molar-refractivity contribution in [1.82, 2.24) is 10.1 Å². The molecular formula is C26H28N2O4. The Balaban J connectivity index is 1.39. The van der Waals surface area contributed by atoms with E-state index < -0.39 is 0 Å². The third kappa shape index (κ3) is 4.22. The smallest absolute Gasteiger partial charge is 0.231 e. The Morgan fingerprint density at radius 3 is 2.66 bits per heavy atom. The molecule has 2 heterocycles. The van der Waals surface area contributed by atoms with E-state index in [4.69, 9.17) is 14.0 Å². The fourth-order valence-electron chi connectivity index (χ4n) is 4.61. The number of benzene rings is 2. The minimum absolute atomic E-state index is 0.0920. The molecule has 1 aliphatic carbocycles. The lowest BCUT2D eigenvalue weighted by Gasteiger charge is -2.25. The predicted molar refractivity (Wildman–Crippen MR) is 120 cm³/mol. The van der Waals surface area contributed by atoms with Gasteiger partial charge in [0.25, 0.3) is 0 Å². The second-order valence-electron chi connectivity index (χ2n) is 8.86. The highest BCUT2D eigenvalue weighted by molar-refractivity contribution is 5.79. The molecule has 1 amide bonds. The number of aromatic nitrogens is 1. The summed E-state index contributed by atoms with van der Waals surface area (Å²) in [7, 11) is 0. The molecule has 6 nitrogen and oxygen atoms in total. The van der Waals surface area contributed by atoms with Crippen molar-refractivity contribution in [2.75, 3.05) is 6.79 Å². The largest absolute Gasteiger partial charge is 0.454 e. The number of hydrogen-bond donors (Lipinski definition) is 0. The van der Waals surface area contributed by atoms with Crippen LogP contribution in [0.4, 0.5) is 0 Å². The number of rotatable bonds is 6. The van der Waals surface area contributed by atoms with Gasteiger partial charge in [-0.05, 0) is 56.0 Å². The van der Waals surface area contributed by atoms with Crippen molar-refractivity contribution in [3.63, 3.8) is 0 Å². The molecule has 2 aliphatic rings. The van der Waals surface area contributed by atoms with E-state index >= 15 is 0 Å². The van der Waals surface area contributed by atoms with Gasteiger partial charge in [-0.2, -0.15) is 0 Å². The van der Waals surface area contributed by atoms with Gasteiger partial charge in [0.15, 0.2) is 17.3 Å². The molecule has 166 valence electrons. The van der Waals surface area contributed by atoms with Crippen LogP contribution in [-0.2, 0) is 17.9 Å². The van der Waals surface area contributed by atoms with E-state index in [-0.39, 0.29) is 18.6 Å². The van der Waals surface area contributed by atoms with Crippen LogP contribution in [0.15, 0.2) is 47.0 Å². The molecule has 3 aromatic rings. The van der Waals surface area contributed by atoms with Gasteiger partial charge in [0.2, 0.25) is 12.7 Å². The maximum absolute atomic E-state index is 13.4. The van der Waals surface area contributed by atoms with Crippen molar-refractivity contribution >= 4 is 5.91 Å². The minimum atomic E-state index is 0.0920. The summed E-state index contributed by atoms with van der Waals surface area (Å²) in [6, 6.07) is 14.1. The Morgan fingerprint density at radius 2 is 1.81 bits per heavy atom. The van der Waals surface area contributed by atoms with Gasteiger partial charge in [-0.1, -0.05) is 41.8 Å². The molecule has 1 saturated carbocycles. The van der Waals surface area contributed by atoms with Crippen LogP contribution in [0.25, 0.3) is 11.3 Å². The summed E-state index contributed by atoms with van der Waals surface area (Å²) in [6.45, 7) is 5.28. The number of aryl methyl sites for hydroxylation is 2. The molecule has 0 spiro atoms. The Kier molecular flexibility index (Phi) is 5.60. The van der Waals surface area contributed by atoms with Gasteiger partial charge in [0.1, 0.15) is 5.69 Å². The van der Waals surface area contributed by atoms with Crippen molar-refractivity contribution < 1.29 is 18.8 Å². The maximum Gasteiger partial charge on any atom is 0.231 e. The first-order valence-electron chi connectivity index (χ1n) is 11.3. The highest BCUT2D eigenvalue weighted by atomic mass is 16.7. The lowest BCUT2D eigenvalue weighted by Crippen LogP contribution is -2.34. The number of carbonyl (C=O) groups excluding carboxylic acids is 1. The van der Waals surface area contributed by atoms with Gasteiger partial charge in [-0.15, -0.1) is 0 Å². The lowest BCUT2D eigenvalue weighted by molar-refractivity contribution is -0.136. The van der Waals surface area contributed by atoms with Crippen molar-refractivity contribution in [3.8, 4) is 22.8 Å². The SMILES string of the molecule is Cc1ccc(C)c(-c2cc(CN(Cc3ccc4c(c3)OCO4)C(=O)C3CCCC3)no2)c1. The molecule has 5 rings (SSSR count). The first-order valence-corrected chi connectivity index (χ1v) is 11.3. The number of carbonyl (C=O) groups is 1. The summed E-state index contributed by atoms with van der Waals surface area (Å²) in [5.74, 6) is 2.50. The second-order valence-corrected chi connectivity index (χ2v) is 8.86. The molecule has 1 aliphatic heterocycles. The van der Waals surface area contributed by atoms with Crippen molar-refractivity contribution in [2.24, 2.45) is 5.92 Å². The average Bonchev–Trinajstić information content (AvgIpc) is 3.56. The number of ether oxygens (including phenoxy) is 2. The van der Waals surface area contributed by atoms with E-state index in [9.17, 15) is 4.79 Å². The van der Waals surface area contributed by atoms with E-state index in [0.29, 0.717) is 13.1 Å². The predicted octanol–water partition coefficient (Wildman–Crippen LogP) is 5.41. The molecule has 0 bridgehead atoms. The van der Waals surface area contributed by atoms with Crippen LogP contribution in [0.5, 0.6) is 11.5 Å². The number of hydrogen-bond acceptors (Lipinski definition) is 5. The standard InChI is InChI=1S/C26H28N2O4/c1-17-7-8-18(2)22(11-17)24-13-21(27-32-24)15-28(26(29)20-5-3-4-6-20)14-19-9-10-23-25(12-19)31-16-30-23/h7-13,20H,3-6,14-16H2,1-2H3. The third-order valence-electron chi connectivity index (χ3n) is 6.40. The normalized spacial score (nSPS) is 15.3. The first kappa shape index (κ1) is 20.6. The van der Waals surface area contributed by atoms with Crippen molar-refractivity contribution in [3.05, 3.63) is 64.8 Å². The fraction of sp³-hybridized carbons (Fsp3) is 0.385. The zero-order valence-corrected chi connectivity index (χ0v) is 18.6. The van der Waals surface area contributed by atoms with E-state index in [1.807, 2.05) is 29.2 Å². The molecular weight excluding hydrogens is 404 g/mol. The number of fused-ring (bicyclic) bond motifs is 1. The van der Waals surface area contributed by atoms with Gasteiger partial charge in [0, 0.05) is 24.1 Å².